The van der Waals surface area contributed by atoms with E-state index >= 15 is 0 Å². The molecule has 0 saturated heterocycles. The second kappa shape index (κ2) is 6.33. The van der Waals surface area contributed by atoms with Gasteiger partial charge in [-0.3, -0.25) is 9.59 Å². The van der Waals surface area contributed by atoms with E-state index in [-0.39, 0.29) is 12.8 Å². The minimum atomic E-state index is -1.05. The molecule has 0 aliphatic rings. The van der Waals surface area contributed by atoms with E-state index in [0.717, 1.165) is 22.3 Å². The van der Waals surface area contributed by atoms with Crippen LogP contribution in [0.3, 0.4) is 0 Å². The summed E-state index contributed by atoms with van der Waals surface area (Å²) in [6.45, 7) is 3.82. The summed E-state index contributed by atoms with van der Waals surface area (Å²) in [6, 6.07) is 2.88. The Kier molecular flexibility index (Phi) is 5.06. The van der Waals surface area contributed by atoms with Gasteiger partial charge in [0.1, 0.15) is 6.04 Å². The summed E-state index contributed by atoms with van der Waals surface area (Å²) in [6.07, 6.45) is 0.634. The zero-order valence-electron chi connectivity index (χ0n) is 11.1. The summed E-state index contributed by atoms with van der Waals surface area (Å²) in [7, 11) is 0. The fraction of sp³-hybridized carbons (Fsp3) is 0.429. The first-order valence-electron chi connectivity index (χ1n) is 6.10. The number of hydrogen-bond donors (Lipinski definition) is 3. The Labute approximate surface area is 112 Å². The van der Waals surface area contributed by atoms with Gasteiger partial charge in [0.2, 0.25) is 0 Å². The van der Waals surface area contributed by atoms with Gasteiger partial charge in [0.25, 0.3) is 0 Å². The van der Waals surface area contributed by atoms with Crippen molar-refractivity contribution >= 4 is 11.9 Å². The van der Waals surface area contributed by atoms with Crippen molar-refractivity contribution in [3.05, 3.63) is 34.4 Å². The Bertz CT molecular complexity index is 496. The van der Waals surface area contributed by atoms with Crippen molar-refractivity contribution in [3.8, 4) is 0 Å². The molecule has 0 fully saturated rings. The molecule has 0 aromatic heterocycles. The second-order valence-corrected chi connectivity index (χ2v) is 4.76. The molecule has 1 aromatic rings. The maximum Gasteiger partial charge on any atom is 0.320 e. The third-order valence-electron chi connectivity index (χ3n) is 3.06. The van der Waals surface area contributed by atoms with Crippen LogP contribution in [0.4, 0.5) is 0 Å². The van der Waals surface area contributed by atoms with Gasteiger partial charge in [-0.25, -0.2) is 0 Å². The molecule has 0 aliphatic carbocycles. The number of hydrogen-bond acceptors (Lipinski definition) is 3. The lowest BCUT2D eigenvalue weighted by atomic mass is 9.92. The van der Waals surface area contributed by atoms with Gasteiger partial charge in [-0.2, -0.15) is 0 Å². The Morgan fingerprint density at radius 2 is 1.89 bits per heavy atom. The van der Waals surface area contributed by atoms with Crippen LogP contribution in [0.1, 0.15) is 28.7 Å². The summed E-state index contributed by atoms with van der Waals surface area (Å²) in [5.74, 6) is -1.92. The number of nitrogens with two attached hydrogens (primary N) is 1. The molecule has 1 rings (SSSR count). The van der Waals surface area contributed by atoms with Crippen LogP contribution in [-0.2, 0) is 22.4 Å². The molecule has 0 aliphatic heterocycles. The van der Waals surface area contributed by atoms with E-state index in [1.165, 1.54) is 0 Å². The number of carboxylic acids is 2. The number of aliphatic carboxylic acids is 2. The van der Waals surface area contributed by atoms with E-state index in [1.54, 1.807) is 0 Å². The van der Waals surface area contributed by atoms with Crippen molar-refractivity contribution in [2.75, 3.05) is 0 Å². The van der Waals surface area contributed by atoms with Crippen molar-refractivity contribution < 1.29 is 19.8 Å². The van der Waals surface area contributed by atoms with Crippen molar-refractivity contribution in [1.29, 1.82) is 0 Å². The van der Waals surface area contributed by atoms with Crippen LogP contribution in [-0.4, -0.2) is 28.2 Å². The normalized spacial score (nSPS) is 12.2. The van der Waals surface area contributed by atoms with E-state index in [1.807, 2.05) is 26.0 Å². The highest BCUT2D eigenvalue weighted by Gasteiger charge is 2.16. The lowest BCUT2D eigenvalue weighted by Crippen LogP contribution is -2.32. The minimum absolute atomic E-state index is 0.0270. The molecule has 0 bridgehead atoms. The van der Waals surface area contributed by atoms with Crippen LogP contribution < -0.4 is 5.73 Å². The summed E-state index contributed by atoms with van der Waals surface area (Å²) < 4.78 is 0. The van der Waals surface area contributed by atoms with Crippen LogP contribution in [0.5, 0.6) is 0 Å². The molecule has 1 unspecified atom stereocenters. The molecular weight excluding hydrogens is 246 g/mol. The number of carbonyl (C=O) groups is 2. The van der Waals surface area contributed by atoms with Crippen molar-refractivity contribution in [3.63, 3.8) is 0 Å². The summed E-state index contributed by atoms with van der Waals surface area (Å²) in [5.41, 5.74) is 9.28. The number of carboxylic acid groups (broad SMARTS) is 2. The van der Waals surface area contributed by atoms with Gasteiger partial charge >= 0.3 is 11.9 Å². The molecule has 5 heteroatoms. The number of aryl methyl sites for hydroxylation is 2. The monoisotopic (exact) mass is 265 g/mol. The molecule has 0 heterocycles. The van der Waals surface area contributed by atoms with Gasteiger partial charge in [-0.15, -0.1) is 0 Å². The van der Waals surface area contributed by atoms with Crippen molar-refractivity contribution in [2.24, 2.45) is 5.73 Å². The molecule has 0 amide bonds. The Balaban J connectivity index is 3.05. The standard InChI is InChI=1S/C14H19NO4/c1-8-5-9(2)11(3-4-13(16)17)10(6-8)7-12(15)14(18)19/h5-6,12H,3-4,7,15H2,1-2H3,(H,16,17)(H,18,19). The minimum Gasteiger partial charge on any atom is -0.481 e. The predicted octanol–water partition coefficient (Wildman–Crippen LogP) is 1.28. The molecule has 1 aromatic carbocycles. The first-order valence-corrected chi connectivity index (χ1v) is 6.10. The van der Waals surface area contributed by atoms with Crippen LogP contribution in [0, 0.1) is 13.8 Å². The van der Waals surface area contributed by atoms with Crippen molar-refractivity contribution in [1.82, 2.24) is 0 Å². The third-order valence-corrected chi connectivity index (χ3v) is 3.06. The summed E-state index contributed by atoms with van der Waals surface area (Å²) in [4.78, 5) is 21.5. The topological polar surface area (TPSA) is 101 Å². The fourth-order valence-corrected chi connectivity index (χ4v) is 2.18. The van der Waals surface area contributed by atoms with E-state index < -0.39 is 18.0 Å². The smallest absolute Gasteiger partial charge is 0.320 e. The molecule has 4 N–H and O–H groups in total. The molecule has 0 radical (unpaired) electrons. The van der Waals surface area contributed by atoms with E-state index in [0.29, 0.717) is 6.42 Å². The highest BCUT2D eigenvalue weighted by Crippen LogP contribution is 2.20. The van der Waals surface area contributed by atoms with E-state index in [9.17, 15) is 9.59 Å². The zero-order valence-corrected chi connectivity index (χ0v) is 11.1. The first-order chi connectivity index (χ1) is 8.81. The molecular formula is C14H19NO4. The number of benzene rings is 1. The lowest BCUT2D eigenvalue weighted by molar-refractivity contribution is -0.139. The average molecular weight is 265 g/mol. The maximum atomic E-state index is 10.8. The Morgan fingerprint density at radius 1 is 1.26 bits per heavy atom. The van der Waals surface area contributed by atoms with Crippen LogP contribution in [0.15, 0.2) is 12.1 Å². The zero-order chi connectivity index (χ0) is 14.6. The molecule has 0 saturated carbocycles. The predicted molar refractivity (Wildman–Crippen MR) is 71.2 cm³/mol. The average Bonchev–Trinajstić information content (AvgIpc) is 2.26. The van der Waals surface area contributed by atoms with Gasteiger partial charge in [-0.1, -0.05) is 17.7 Å². The number of rotatable bonds is 6. The molecule has 1 atom stereocenters. The maximum absolute atomic E-state index is 10.8. The van der Waals surface area contributed by atoms with Gasteiger partial charge in [-0.05, 0) is 43.4 Å². The van der Waals surface area contributed by atoms with E-state index in [2.05, 4.69) is 0 Å². The largest absolute Gasteiger partial charge is 0.481 e. The van der Waals surface area contributed by atoms with Gasteiger partial charge in [0.15, 0.2) is 0 Å². The van der Waals surface area contributed by atoms with Gasteiger partial charge in [0, 0.05) is 6.42 Å². The van der Waals surface area contributed by atoms with Crippen molar-refractivity contribution in [2.45, 2.75) is 39.2 Å². The Morgan fingerprint density at radius 3 is 2.42 bits per heavy atom. The van der Waals surface area contributed by atoms with Gasteiger partial charge in [0.05, 0.1) is 0 Å². The summed E-state index contributed by atoms with van der Waals surface area (Å²) in [5, 5.41) is 17.6. The Hall–Kier alpha value is -1.88. The quantitative estimate of drug-likeness (QED) is 0.719. The lowest BCUT2D eigenvalue weighted by Gasteiger charge is -2.15. The summed E-state index contributed by atoms with van der Waals surface area (Å²) >= 11 is 0. The SMILES string of the molecule is Cc1cc(C)c(CCC(=O)O)c(CC(N)C(=O)O)c1. The molecule has 5 nitrogen and oxygen atoms in total. The molecule has 0 spiro atoms. The molecule has 104 valence electrons. The first kappa shape index (κ1) is 15.2. The highest BCUT2D eigenvalue weighted by atomic mass is 16.4. The van der Waals surface area contributed by atoms with E-state index in [4.69, 9.17) is 15.9 Å². The molecule has 19 heavy (non-hydrogen) atoms. The van der Waals surface area contributed by atoms with Crippen LogP contribution in [0.2, 0.25) is 0 Å². The van der Waals surface area contributed by atoms with Gasteiger partial charge < -0.3 is 15.9 Å². The third kappa shape index (κ3) is 4.37. The van der Waals surface area contributed by atoms with Crippen LogP contribution in [0.25, 0.3) is 0 Å². The highest BCUT2D eigenvalue weighted by molar-refractivity contribution is 5.73. The fourth-order valence-electron chi connectivity index (χ4n) is 2.18. The van der Waals surface area contributed by atoms with Crippen LogP contribution >= 0.6 is 0 Å². The second-order valence-electron chi connectivity index (χ2n) is 4.76.